The summed E-state index contributed by atoms with van der Waals surface area (Å²) >= 11 is 6.30. The van der Waals surface area contributed by atoms with Gasteiger partial charge in [0, 0.05) is 17.3 Å². The molecule has 9 heteroatoms. The minimum Gasteiger partial charge on any atom is -0.390 e. The standard InChI is InChI=1S/C23H24ClF2NO4S/c1-12-7-18(24)21(11-17(12)22(28)27-15-5-6-19(25)20(26)10-15)32(30,31)16-8-13-3-4-14(9-16)23(13,2)29/h5-7,10-11,13-14,16,29H,3-4,8-9H2,1-2H3,(H,27,28)/t13-,14?,16-,23-/m0/s1. The Morgan fingerprint density at radius 1 is 1.12 bits per heavy atom. The van der Waals surface area contributed by atoms with Crippen LogP contribution in [0.1, 0.15) is 48.5 Å². The normalized spacial score (nSPS) is 27.4. The van der Waals surface area contributed by atoms with Crippen molar-refractivity contribution in [2.45, 2.75) is 55.3 Å². The largest absolute Gasteiger partial charge is 0.390 e. The zero-order chi connectivity index (χ0) is 23.4. The molecule has 1 unspecified atom stereocenters. The third-order valence-corrected chi connectivity index (χ3v) is 9.70. The van der Waals surface area contributed by atoms with Gasteiger partial charge in [0.25, 0.3) is 5.91 Å². The van der Waals surface area contributed by atoms with Gasteiger partial charge in [-0.05, 0) is 81.2 Å². The monoisotopic (exact) mass is 483 g/mol. The summed E-state index contributed by atoms with van der Waals surface area (Å²) in [5.74, 6) is -3.00. The highest BCUT2D eigenvalue weighted by molar-refractivity contribution is 7.92. The van der Waals surface area contributed by atoms with Crippen molar-refractivity contribution in [2.75, 3.05) is 5.32 Å². The van der Waals surface area contributed by atoms with E-state index < -0.39 is 38.2 Å². The Morgan fingerprint density at radius 3 is 2.34 bits per heavy atom. The summed E-state index contributed by atoms with van der Waals surface area (Å²) in [4.78, 5) is 12.7. The molecular formula is C23H24ClF2NO4S. The van der Waals surface area contributed by atoms with E-state index in [-0.39, 0.29) is 33.0 Å². The van der Waals surface area contributed by atoms with Gasteiger partial charge in [0.2, 0.25) is 0 Å². The topological polar surface area (TPSA) is 83.5 Å². The first-order chi connectivity index (χ1) is 14.9. The average molecular weight is 484 g/mol. The molecule has 0 saturated heterocycles. The molecule has 4 atom stereocenters. The summed E-state index contributed by atoms with van der Waals surface area (Å²) < 4.78 is 53.6. The molecule has 32 heavy (non-hydrogen) atoms. The van der Waals surface area contributed by atoms with E-state index in [0.717, 1.165) is 25.0 Å². The second-order valence-corrected chi connectivity index (χ2v) is 11.6. The van der Waals surface area contributed by atoms with Gasteiger partial charge in [0.15, 0.2) is 21.5 Å². The van der Waals surface area contributed by atoms with Gasteiger partial charge in [0.05, 0.1) is 20.8 Å². The van der Waals surface area contributed by atoms with Gasteiger partial charge in [0.1, 0.15) is 0 Å². The second kappa shape index (κ2) is 8.08. The molecule has 2 fully saturated rings. The highest BCUT2D eigenvalue weighted by Crippen LogP contribution is 2.51. The quantitative estimate of drug-likeness (QED) is 0.648. The fourth-order valence-corrected chi connectivity index (χ4v) is 7.57. The molecule has 0 aliphatic heterocycles. The molecule has 0 heterocycles. The van der Waals surface area contributed by atoms with Gasteiger partial charge < -0.3 is 10.4 Å². The minimum absolute atomic E-state index is 0.0246. The number of carbonyl (C=O) groups is 1. The molecule has 172 valence electrons. The number of benzene rings is 2. The van der Waals surface area contributed by atoms with E-state index >= 15 is 0 Å². The second-order valence-electron chi connectivity index (χ2n) is 9.02. The minimum atomic E-state index is -3.86. The number of hydrogen-bond acceptors (Lipinski definition) is 4. The molecule has 0 radical (unpaired) electrons. The van der Waals surface area contributed by atoms with Crippen LogP contribution < -0.4 is 5.32 Å². The smallest absolute Gasteiger partial charge is 0.255 e. The molecule has 2 bridgehead atoms. The number of halogens is 3. The Morgan fingerprint density at radius 2 is 1.75 bits per heavy atom. The summed E-state index contributed by atoms with van der Waals surface area (Å²) in [6.45, 7) is 3.39. The van der Waals surface area contributed by atoms with E-state index in [0.29, 0.717) is 18.4 Å². The summed E-state index contributed by atoms with van der Waals surface area (Å²) in [5.41, 5.74) is -0.304. The zero-order valence-corrected chi connectivity index (χ0v) is 19.2. The number of hydrogen-bond donors (Lipinski definition) is 2. The van der Waals surface area contributed by atoms with Crippen molar-refractivity contribution in [1.29, 1.82) is 0 Å². The van der Waals surface area contributed by atoms with E-state index in [1.165, 1.54) is 18.2 Å². The van der Waals surface area contributed by atoms with Crippen LogP contribution in [0.25, 0.3) is 0 Å². The van der Waals surface area contributed by atoms with Gasteiger partial charge in [-0.2, -0.15) is 0 Å². The molecule has 2 aromatic carbocycles. The summed E-state index contributed by atoms with van der Waals surface area (Å²) in [7, 11) is -3.86. The first-order valence-electron chi connectivity index (χ1n) is 10.4. The van der Waals surface area contributed by atoms with Gasteiger partial charge in [-0.25, -0.2) is 17.2 Å². The van der Waals surface area contributed by atoms with Crippen molar-refractivity contribution in [2.24, 2.45) is 11.8 Å². The van der Waals surface area contributed by atoms with Gasteiger partial charge in [-0.15, -0.1) is 0 Å². The third-order valence-electron chi connectivity index (χ3n) is 7.06. The van der Waals surface area contributed by atoms with Crippen LogP contribution in [-0.2, 0) is 9.84 Å². The van der Waals surface area contributed by atoms with Crippen LogP contribution in [0.3, 0.4) is 0 Å². The maximum atomic E-state index is 13.5. The van der Waals surface area contributed by atoms with Crippen LogP contribution in [0.2, 0.25) is 5.02 Å². The predicted molar refractivity (Wildman–Crippen MR) is 118 cm³/mol. The highest BCUT2D eigenvalue weighted by Gasteiger charge is 2.53. The number of fused-ring (bicyclic) bond motifs is 2. The van der Waals surface area contributed by atoms with Crippen molar-refractivity contribution >= 4 is 33.0 Å². The summed E-state index contributed by atoms with van der Waals surface area (Å²) in [6.07, 6.45) is 2.25. The molecule has 5 nitrogen and oxygen atoms in total. The molecule has 4 rings (SSSR count). The number of nitrogens with one attached hydrogen (secondary N) is 1. The van der Waals surface area contributed by atoms with Crippen molar-refractivity contribution in [3.8, 4) is 0 Å². The van der Waals surface area contributed by atoms with E-state index in [1.807, 2.05) is 0 Å². The number of anilines is 1. The summed E-state index contributed by atoms with van der Waals surface area (Å²) in [6, 6.07) is 5.61. The van der Waals surface area contributed by atoms with Crippen molar-refractivity contribution in [3.05, 3.63) is 58.1 Å². The number of sulfone groups is 1. The number of aryl methyl sites for hydroxylation is 1. The molecule has 1 amide bonds. The average Bonchev–Trinajstić information content (AvgIpc) is 2.87. The van der Waals surface area contributed by atoms with E-state index in [2.05, 4.69) is 5.32 Å². The third kappa shape index (κ3) is 3.93. The zero-order valence-electron chi connectivity index (χ0n) is 17.7. The van der Waals surface area contributed by atoms with E-state index in [4.69, 9.17) is 11.6 Å². The molecule has 2 aliphatic rings. The molecule has 2 aromatic rings. The molecular weight excluding hydrogens is 460 g/mol. The predicted octanol–water partition coefficient (Wildman–Crippen LogP) is 4.89. The van der Waals surface area contributed by atoms with Gasteiger partial charge in [-0.3, -0.25) is 4.79 Å². The Labute approximate surface area is 190 Å². The van der Waals surface area contributed by atoms with Gasteiger partial charge >= 0.3 is 0 Å². The van der Waals surface area contributed by atoms with Crippen molar-refractivity contribution in [3.63, 3.8) is 0 Å². The lowest BCUT2D eigenvalue weighted by atomic mass is 9.76. The van der Waals surface area contributed by atoms with Crippen LogP contribution in [0, 0.1) is 30.4 Å². The molecule has 0 aromatic heterocycles. The van der Waals surface area contributed by atoms with Crippen molar-refractivity contribution in [1.82, 2.24) is 0 Å². The maximum absolute atomic E-state index is 13.5. The number of carbonyl (C=O) groups excluding carboxylic acids is 1. The van der Waals surface area contributed by atoms with Crippen LogP contribution >= 0.6 is 11.6 Å². The van der Waals surface area contributed by atoms with E-state index in [1.54, 1.807) is 13.8 Å². The molecule has 0 spiro atoms. The van der Waals surface area contributed by atoms with Crippen molar-refractivity contribution < 1.29 is 27.1 Å². The lowest BCUT2D eigenvalue weighted by molar-refractivity contribution is -0.0413. The van der Waals surface area contributed by atoms with Crippen LogP contribution in [-0.4, -0.2) is 30.3 Å². The van der Waals surface area contributed by atoms with Gasteiger partial charge in [-0.1, -0.05) is 11.6 Å². The van der Waals surface area contributed by atoms with Crippen LogP contribution in [0.5, 0.6) is 0 Å². The SMILES string of the molecule is Cc1cc(Cl)c(S(=O)(=O)[C@@H]2CC3CC[C@@H](C2)[C@]3(C)O)cc1C(=O)Nc1ccc(F)c(F)c1. The fraction of sp³-hybridized carbons (Fsp3) is 0.435. The highest BCUT2D eigenvalue weighted by atomic mass is 35.5. The van der Waals surface area contributed by atoms with Crippen LogP contribution in [0.15, 0.2) is 35.2 Å². The summed E-state index contributed by atoms with van der Waals surface area (Å²) in [5, 5.41) is 12.5. The molecule has 2 saturated carbocycles. The Kier molecular flexibility index (Phi) is 5.84. The maximum Gasteiger partial charge on any atom is 0.255 e. The first-order valence-corrected chi connectivity index (χ1v) is 12.4. The Balaban J connectivity index is 1.65. The number of amides is 1. The van der Waals surface area contributed by atoms with E-state index in [9.17, 15) is 27.1 Å². The number of rotatable bonds is 4. The Bertz CT molecular complexity index is 1180. The van der Waals surface area contributed by atoms with Crippen LogP contribution in [0.4, 0.5) is 14.5 Å². The number of aliphatic hydroxyl groups is 1. The Hall–Kier alpha value is -2.03. The lowest BCUT2D eigenvalue weighted by Crippen LogP contribution is -2.45. The molecule has 2 aliphatic carbocycles. The lowest BCUT2D eigenvalue weighted by Gasteiger charge is -2.40. The first kappa shape index (κ1) is 23.1. The molecule has 2 N–H and O–H groups in total. The fourth-order valence-electron chi connectivity index (χ4n) is 5.08.